The zero-order chi connectivity index (χ0) is 16.9. The number of rotatable bonds is 5. The van der Waals surface area contributed by atoms with E-state index in [2.05, 4.69) is 15.1 Å². The molecule has 0 bridgehead atoms. The second-order valence-corrected chi connectivity index (χ2v) is 6.10. The van der Waals surface area contributed by atoms with Crippen LogP contribution in [0.15, 0.2) is 30.9 Å². The molecule has 8 heteroatoms. The van der Waals surface area contributed by atoms with Crippen molar-refractivity contribution in [3.05, 3.63) is 36.5 Å². The van der Waals surface area contributed by atoms with Crippen molar-refractivity contribution in [1.82, 2.24) is 29.5 Å². The van der Waals surface area contributed by atoms with Crippen LogP contribution < -0.4 is 4.74 Å². The van der Waals surface area contributed by atoms with Gasteiger partial charge in [-0.25, -0.2) is 4.98 Å². The first-order chi connectivity index (χ1) is 11.6. The summed E-state index contributed by atoms with van der Waals surface area (Å²) < 4.78 is 7.71. The molecule has 0 aromatic carbocycles. The molecule has 24 heavy (non-hydrogen) atoms. The van der Waals surface area contributed by atoms with Crippen molar-refractivity contribution >= 4 is 5.91 Å². The average molecular weight is 330 g/mol. The monoisotopic (exact) mass is 330 g/mol. The van der Waals surface area contributed by atoms with Crippen molar-refractivity contribution in [2.75, 3.05) is 27.2 Å². The second-order valence-electron chi connectivity index (χ2n) is 6.10. The summed E-state index contributed by atoms with van der Waals surface area (Å²) in [4.78, 5) is 24.6. The molecule has 0 unspecified atom stereocenters. The van der Waals surface area contributed by atoms with E-state index in [1.165, 1.54) is 0 Å². The van der Waals surface area contributed by atoms with Crippen LogP contribution in [0.25, 0.3) is 0 Å². The van der Waals surface area contributed by atoms with Crippen LogP contribution in [0.1, 0.15) is 12.1 Å². The lowest BCUT2D eigenvalue weighted by molar-refractivity contribution is -0.135. The fraction of sp³-hybridized carbons (Fsp3) is 0.500. The van der Waals surface area contributed by atoms with Gasteiger partial charge in [0.15, 0.2) is 0 Å². The minimum atomic E-state index is -0.0267. The molecular weight excluding hydrogens is 308 g/mol. The third-order valence-electron chi connectivity index (χ3n) is 3.99. The van der Waals surface area contributed by atoms with Crippen LogP contribution in [-0.4, -0.2) is 68.7 Å². The number of hydrogen-bond acceptors (Lipinski definition) is 6. The highest BCUT2D eigenvalue weighted by Crippen LogP contribution is 2.18. The Labute approximate surface area is 141 Å². The Bertz CT molecular complexity index is 672. The van der Waals surface area contributed by atoms with Crippen LogP contribution in [0.3, 0.4) is 0 Å². The first-order valence-electron chi connectivity index (χ1n) is 7.97. The number of likely N-dealkylation sites (N-methyl/N-ethyl adjacent to an activating group) is 1. The van der Waals surface area contributed by atoms with Crippen molar-refractivity contribution in [3.63, 3.8) is 0 Å². The topological polar surface area (TPSA) is 76.4 Å². The van der Waals surface area contributed by atoms with E-state index < -0.39 is 0 Å². The SMILES string of the molecule is CN(C)CC(=O)N1Cc2ccnn2CC[C@H]1COc1cnccn1. The van der Waals surface area contributed by atoms with Crippen molar-refractivity contribution in [2.24, 2.45) is 0 Å². The van der Waals surface area contributed by atoms with Gasteiger partial charge in [-0.1, -0.05) is 0 Å². The summed E-state index contributed by atoms with van der Waals surface area (Å²) in [6, 6.07) is 1.93. The van der Waals surface area contributed by atoms with Gasteiger partial charge in [0.1, 0.15) is 6.61 Å². The lowest BCUT2D eigenvalue weighted by Gasteiger charge is -2.30. The Balaban J connectivity index is 1.74. The van der Waals surface area contributed by atoms with Gasteiger partial charge < -0.3 is 14.5 Å². The predicted molar refractivity (Wildman–Crippen MR) is 87.3 cm³/mol. The first-order valence-corrected chi connectivity index (χ1v) is 7.97. The number of amides is 1. The van der Waals surface area contributed by atoms with Crippen molar-refractivity contribution in [1.29, 1.82) is 0 Å². The molecule has 0 spiro atoms. The molecule has 8 nitrogen and oxygen atoms in total. The standard InChI is InChI=1S/C16H22N6O2/c1-20(2)11-16(23)21-10-13-3-5-19-22(13)8-4-14(21)12-24-15-9-17-6-7-18-15/h3,5-7,9,14H,4,8,10-12H2,1-2H3/t14-/m0/s1. The van der Waals surface area contributed by atoms with Gasteiger partial charge in [0.2, 0.25) is 11.8 Å². The summed E-state index contributed by atoms with van der Waals surface area (Å²) in [5.74, 6) is 0.557. The van der Waals surface area contributed by atoms with E-state index in [1.54, 1.807) is 24.8 Å². The zero-order valence-corrected chi connectivity index (χ0v) is 14.0. The van der Waals surface area contributed by atoms with E-state index in [4.69, 9.17) is 4.74 Å². The molecule has 0 aliphatic carbocycles. The zero-order valence-electron chi connectivity index (χ0n) is 14.0. The van der Waals surface area contributed by atoms with Gasteiger partial charge in [0.05, 0.1) is 31.0 Å². The number of carbonyl (C=O) groups excluding carboxylic acids is 1. The lowest BCUT2D eigenvalue weighted by Crippen LogP contribution is -2.46. The highest BCUT2D eigenvalue weighted by Gasteiger charge is 2.28. The predicted octanol–water partition coefficient (Wildman–Crippen LogP) is 0.415. The molecule has 1 aliphatic heterocycles. The third-order valence-corrected chi connectivity index (χ3v) is 3.99. The van der Waals surface area contributed by atoms with Crippen LogP contribution in [0.4, 0.5) is 0 Å². The Morgan fingerprint density at radius 3 is 3.00 bits per heavy atom. The van der Waals surface area contributed by atoms with Crippen molar-refractivity contribution in [3.8, 4) is 5.88 Å². The molecule has 1 aliphatic rings. The van der Waals surface area contributed by atoms with Crippen LogP contribution in [0.2, 0.25) is 0 Å². The molecule has 0 fully saturated rings. The van der Waals surface area contributed by atoms with Crippen molar-refractivity contribution in [2.45, 2.75) is 25.6 Å². The molecule has 2 aromatic heterocycles. The number of aromatic nitrogens is 4. The molecule has 3 rings (SSSR count). The van der Waals surface area contributed by atoms with Gasteiger partial charge >= 0.3 is 0 Å². The number of nitrogens with zero attached hydrogens (tertiary/aromatic N) is 6. The Morgan fingerprint density at radius 2 is 2.25 bits per heavy atom. The summed E-state index contributed by atoms with van der Waals surface area (Å²) in [5.41, 5.74) is 1.05. The summed E-state index contributed by atoms with van der Waals surface area (Å²) in [5, 5.41) is 4.33. The maximum Gasteiger partial charge on any atom is 0.237 e. The van der Waals surface area contributed by atoms with E-state index >= 15 is 0 Å². The molecule has 0 radical (unpaired) electrons. The van der Waals surface area contributed by atoms with E-state index in [-0.39, 0.29) is 11.9 Å². The molecule has 1 atom stereocenters. The molecule has 3 heterocycles. The van der Waals surface area contributed by atoms with Crippen LogP contribution in [0.5, 0.6) is 5.88 Å². The molecule has 0 N–H and O–H groups in total. The van der Waals surface area contributed by atoms with Gasteiger partial charge in [0, 0.05) is 25.1 Å². The number of carbonyl (C=O) groups is 1. The van der Waals surface area contributed by atoms with Gasteiger partial charge in [0.25, 0.3) is 0 Å². The lowest BCUT2D eigenvalue weighted by atomic mass is 10.2. The van der Waals surface area contributed by atoms with E-state index in [1.807, 2.05) is 34.6 Å². The minimum Gasteiger partial charge on any atom is -0.474 e. The number of ether oxygens (including phenoxy) is 1. The number of fused-ring (bicyclic) bond motifs is 1. The molecule has 0 saturated carbocycles. The molecule has 0 saturated heterocycles. The van der Waals surface area contributed by atoms with Crippen molar-refractivity contribution < 1.29 is 9.53 Å². The maximum absolute atomic E-state index is 12.7. The van der Waals surface area contributed by atoms with Gasteiger partial charge in [-0.05, 0) is 26.6 Å². The summed E-state index contributed by atoms with van der Waals surface area (Å²) in [6.07, 6.45) is 7.33. The second kappa shape index (κ2) is 7.39. The summed E-state index contributed by atoms with van der Waals surface area (Å²) >= 11 is 0. The fourth-order valence-electron chi connectivity index (χ4n) is 2.79. The molecule has 1 amide bonds. The Hall–Kier alpha value is -2.48. The molecule has 2 aromatic rings. The van der Waals surface area contributed by atoms with Crippen LogP contribution in [0, 0.1) is 0 Å². The number of hydrogen-bond donors (Lipinski definition) is 0. The van der Waals surface area contributed by atoms with Gasteiger partial charge in [-0.3, -0.25) is 14.5 Å². The summed E-state index contributed by atoms with van der Waals surface area (Å²) in [7, 11) is 3.79. The average Bonchev–Trinajstić information content (AvgIpc) is 2.93. The van der Waals surface area contributed by atoms with Gasteiger partial charge in [-0.2, -0.15) is 5.10 Å². The van der Waals surface area contributed by atoms with E-state index in [0.717, 1.165) is 18.7 Å². The van der Waals surface area contributed by atoms with E-state index in [0.29, 0.717) is 25.6 Å². The number of aryl methyl sites for hydroxylation is 1. The molecule has 128 valence electrons. The normalized spacial score (nSPS) is 17.5. The Morgan fingerprint density at radius 1 is 1.38 bits per heavy atom. The quantitative estimate of drug-likeness (QED) is 0.790. The largest absolute Gasteiger partial charge is 0.474 e. The van der Waals surface area contributed by atoms with Crippen LogP contribution in [-0.2, 0) is 17.9 Å². The first kappa shape index (κ1) is 16.4. The third kappa shape index (κ3) is 3.88. The summed E-state index contributed by atoms with van der Waals surface area (Å²) in [6.45, 7) is 2.07. The highest BCUT2D eigenvalue weighted by molar-refractivity contribution is 5.78. The molecular formula is C16H22N6O2. The van der Waals surface area contributed by atoms with Crippen LogP contribution >= 0.6 is 0 Å². The minimum absolute atomic E-state index is 0.0267. The van der Waals surface area contributed by atoms with E-state index in [9.17, 15) is 4.79 Å². The van der Waals surface area contributed by atoms with Gasteiger partial charge in [-0.15, -0.1) is 0 Å². The smallest absolute Gasteiger partial charge is 0.237 e. The fourth-order valence-corrected chi connectivity index (χ4v) is 2.79. The maximum atomic E-state index is 12.7. The Kier molecular flexibility index (Phi) is 5.05. The highest BCUT2D eigenvalue weighted by atomic mass is 16.5.